The number of rotatable bonds is 5. The second-order valence-corrected chi connectivity index (χ2v) is 6.59. The highest BCUT2D eigenvalue weighted by molar-refractivity contribution is 6.14. The highest BCUT2D eigenvalue weighted by atomic mass is 16.5. The molecule has 0 fully saturated rings. The molecule has 3 aromatic rings. The largest absolute Gasteiger partial charge is 0.485 e. The van der Waals surface area contributed by atoms with E-state index < -0.39 is 0 Å². The van der Waals surface area contributed by atoms with Crippen LogP contribution in [0.2, 0.25) is 0 Å². The average molecular weight is 370 g/mol. The summed E-state index contributed by atoms with van der Waals surface area (Å²) in [4.78, 5) is 24.7. The van der Waals surface area contributed by atoms with Crippen LogP contribution in [-0.2, 0) is 0 Å². The normalized spacial score (nSPS) is 13.9. The van der Waals surface area contributed by atoms with E-state index in [1.807, 2.05) is 49.4 Å². The number of hydrogen-bond donors (Lipinski definition) is 0. The molecule has 1 aliphatic rings. The van der Waals surface area contributed by atoms with Gasteiger partial charge in [-0.15, -0.1) is 0 Å². The minimum Gasteiger partial charge on any atom is -0.485 e. The number of carbonyl (C=O) groups excluding carboxylic acids is 2. The third kappa shape index (κ3) is 3.71. The van der Waals surface area contributed by atoms with E-state index in [1.54, 1.807) is 36.4 Å². The lowest BCUT2D eigenvalue weighted by atomic mass is 10.1. The van der Waals surface area contributed by atoms with Crippen molar-refractivity contribution in [3.63, 3.8) is 0 Å². The number of Topliss-reactive ketones (excluding diaryl/α,β-unsaturated/α-hetero) is 2. The number of aryl methyl sites for hydroxylation is 1. The highest BCUT2D eigenvalue weighted by Gasteiger charge is 2.27. The van der Waals surface area contributed by atoms with Gasteiger partial charge < -0.3 is 9.47 Å². The molecule has 0 atom stereocenters. The molecule has 0 radical (unpaired) electrons. The molecule has 0 N–H and O–H groups in total. The van der Waals surface area contributed by atoms with Gasteiger partial charge in [-0.25, -0.2) is 0 Å². The van der Waals surface area contributed by atoms with Crippen LogP contribution in [0.1, 0.15) is 31.8 Å². The van der Waals surface area contributed by atoms with E-state index in [1.165, 1.54) is 0 Å². The number of fused-ring (bicyclic) bond motifs is 1. The minimum absolute atomic E-state index is 0.0805. The Morgan fingerprint density at radius 1 is 1.00 bits per heavy atom. The van der Waals surface area contributed by atoms with Crippen molar-refractivity contribution >= 4 is 17.6 Å². The fourth-order valence-corrected chi connectivity index (χ4v) is 2.93. The van der Waals surface area contributed by atoms with Crippen molar-refractivity contribution < 1.29 is 19.1 Å². The summed E-state index contributed by atoms with van der Waals surface area (Å²) >= 11 is 0. The van der Waals surface area contributed by atoms with Crippen LogP contribution in [0.25, 0.3) is 6.08 Å². The van der Waals surface area contributed by atoms with Gasteiger partial charge in [0.25, 0.3) is 0 Å². The molecule has 0 saturated carbocycles. The molecule has 0 aliphatic carbocycles. The molecular weight excluding hydrogens is 352 g/mol. The summed E-state index contributed by atoms with van der Waals surface area (Å²) in [6, 6.07) is 21.8. The Hall–Kier alpha value is -3.66. The monoisotopic (exact) mass is 370 g/mol. The highest BCUT2D eigenvalue weighted by Crippen LogP contribution is 2.35. The van der Waals surface area contributed by atoms with Crippen LogP contribution < -0.4 is 9.47 Å². The first-order chi connectivity index (χ1) is 13.6. The summed E-state index contributed by atoms with van der Waals surface area (Å²) in [5.74, 6) is 0.914. The van der Waals surface area contributed by atoms with Crippen molar-refractivity contribution in [2.45, 2.75) is 6.92 Å². The lowest BCUT2D eigenvalue weighted by Gasteiger charge is -2.06. The zero-order valence-electron chi connectivity index (χ0n) is 15.3. The molecule has 138 valence electrons. The molecule has 3 aromatic carbocycles. The zero-order valence-corrected chi connectivity index (χ0v) is 15.3. The van der Waals surface area contributed by atoms with E-state index >= 15 is 0 Å². The average Bonchev–Trinajstić information content (AvgIpc) is 3.03. The van der Waals surface area contributed by atoms with Gasteiger partial charge in [-0.05, 0) is 30.7 Å². The van der Waals surface area contributed by atoms with Crippen LogP contribution in [0.3, 0.4) is 0 Å². The van der Waals surface area contributed by atoms with Crippen LogP contribution in [0.5, 0.6) is 11.5 Å². The van der Waals surface area contributed by atoms with Crippen LogP contribution in [0, 0.1) is 6.92 Å². The minimum atomic E-state index is -0.164. The molecule has 1 aliphatic heterocycles. The maximum Gasteiger partial charge on any atom is 0.231 e. The van der Waals surface area contributed by atoms with E-state index in [-0.39, 0.29) is 23.9 Å². The Labute approximate surface area is 163 Å². The van der Waals surface area contributed by atoms with E-state index in [0.717, 1.165) is 11.1 Å². The molecule has 0 bridgehead atoms. The van der Waals surface area contributed by atoms with Crippen molar-refractivity contribution in [2.24, 2.45) is 0 Å². The lowest BCUT2D eigenvalue weighted by molar-refractivity contribution is 0.0921. The Bertz CT molecular complexity index is 1060. The smallest absolute Gasteiger partial charge is 0.231 e. The molecule has 28 heavy (non-hydrogen) atoms. The summed E-state index contributed by atoms with van der Waals surface area (Å²) in [5.41, 5.74) is 3.13. The first-order valence-electron chi connectivity index (χ1n) is 8.96. The van der Waals surface area contributed by atoms with Crippen molar-refractivity contribution in [3.8, 4) is 11.5 Å². The van der Waals surface area contributed by atoms with Crippen LogP contribution >= 0.6 is 0 Å². The second-order valence-electron chi connectivity index (χ2n) is 6.59. The Morgan fingerprint density at radius 3 is 2.50 bits per heavy atom. The molecule has 4 nitrogen and oxygen atoms in total. The molecule has 1 heterocycles. The summed E-state index contributed by atoms with van der Waals surface area (Å²) in [6.07, 6.45) is 1.72. The van der Waals surface area contributed by atoms with Gasteiger partial charge >= 0.3 is 0 Å². The van der Waals surface area contributed by atoms with Gasteiger partial charge in [0.15, 0.2) is 18.1 Å². The van der Waals surface area contributed by atoms with Gasteiger partial charge in [0, 0.05) is 11.6 Å². The summed E-state index contributed by atoms with van der Waals surface area (Å²) in [7, 11) is 0. The number of ketones is 2. The predicted octanol–water partition coefficient (Wildman–Crippen LogP) is 4.87. The summed E-state index contributed by atoms with van der Waals surface area (Å²) in [5, 5.41) is 0. The van der Waals surface area contributed by atoms with Gasteiger partial charge in [-0.3, -0.25) is 9.59 Å². The Balaban J connectivity index is 1.48. The predicted molar refractivity (Wildman–Crippen MR) is 107 cm³/mol. The standard InChI is InChI=1S/C24H18O4/c1-16-7-9-17(10-8-16)13-23-24(26)20-12-11-19(14-22(20)28-23)27-15-21(25)18-5-3-2-4-6-18/h2-14H,15H2,1H3/b23-13-. The molecule has 0 saturated heterocycles. The topological polar surface area (TPSA) is 52.6 Å². The van der Waals surface area contributed by atoms with Crippen LogP contribution in [0.4, 0.5) is 0 Å². The van der Waals surface area contributed by atoms with Gasteiger partial charge in [0.05, 0.1) is 5.56 Å². The molecule has 4 rings (SSSR count). The van der Waals surface area contributed by atoms with Crippen molar-refractivity contribution in [1.29, 1.82) is 0 Å². The van der Waals surface area contributed by atoms with Gasteiger partial charge in [-0.2, -0.15) is 0 Å². The third-order valence-electron chi connectivity index (χ3n) is 4.48. The number of allylic oxidation sites excluding steroid dienone is 1. The zero-order chi connectivity index (χ0) is 19.5. The maximum atomic E-state index is 12.5. The summed E-state index contributed by atoms with van der Waals surface area (Å²) < 4.78 is 11.3. The quantitative estimate of drug-likeness (QED) is 0.475. The van der Waals surface area contributed by atoms with Crippen molar-refractivity contribution in [2.75, 3.05) is 6.61 Å². The van der Waals surface area contributed by atoms with Gasteiger partial charge in [-0.1, -0.05) is 60.2 Å². The molecule has 4 heteroatoms. The van der Waals surface area contributed by atoms with Crippen LogP contribution in [-0.4, -0.2) is 18.2 Å². The van der Waals surface area contributed by atoms with Crippen LogP contribution in [0.15, 0.2) is 78.6 Å². The first kappa shape index (κ1) is 17.7. The van der Waals surface area contributed by atoms with E-state index in [0.29, 0.717) is 22.6 Å². The van der Waals surface area contributed by atoms with E-state index in [4.69, 9.17) is 9.47 Å². The lowest BCUT2D eigenvalue weighted by Crippen LogP contribution is -2.11. The fourth-order valence-electron chi connectivity index (χ4n) is 2.93. The second kappa shape index (κ2) is 7.53. The summed E-state index contributed by atoms with van der Waals surface area (Å²) in [6.45, 7) is 1.93. The molecular formula is C24H18O4. The SMILES string of the molecule is Cc1ccc(/C=C2\Oc3cc(OCC(=O)c4ccccc4)ccc3C2=O)cc1. The van der Waals surface area contributed by atoms with Crippen molar-refractivity contribution in [3.05, 3.63) is 101 Å². The van der Waals surface area contributed by atoms with E-state index in [9.17, 15) is 9.59 Å². The maximum absolute atomic E-state index is 12.5. The molecule has 0 unspecified atom stereocenters. The van der Waals surface area contributed by atoms with Gasteiger partial charge in [0.2, 0.25) is 5.78 Å². The fraction of sp³-hybridized carbons (Fsp3) is 0.0833. The third-order valence-corrected chi connectivity index (χ3v) is 4.48. The van der Waals surface area contributed by atoms with Crippen molar-refractivity contribution in [1.82, 2.24) is 0 Å². The number of hydrogen-bond acceptors (Lipinski definition) is 4. The van der Waals surface area contributed by atoms with Gasteiger partial charge in [0.1, 0.15) is 11.5 Å². The molecule has 0 spiro atoms. The molecule has 0 aromatic heterocycles. The van der Waals surface area contributed by atoms with E-state index in [2.05, 4.69) is 0 Å². The molecule has 0 amide bonds. The number of ether oxygens (including phenoxy) is 2. The Morgan fingerprint density at radius 2 is 1.75 bits per heavy atom. The number of carbonyl (C=O) groups is 2. The number of benzene rings is 3. The first-order valence-corrected chi connectivity index (χ1v) is 8.96. The Kier molecular flexibility index (Phi) is 4.77.